The van der Waals surface area contributed by atoms with Gasteiger partial charge < -0.3 is 19.3 Å². The van der Waals surface area contributed by atoms with Crippen molar-refractivity contribution in [3.05, 3.63) is 29.8 Å². The molecular weight excluding hydrogens is 308 g/mol. The minimum absolute atomic E-state index is 0.0764. The molecule has 1 saturated carbocycles. The van der Waals surface area contributed by atoms with Gasteiger partial charge in [-0.3, -0.25) is 4.79 Å². The molecule has 1 aliphatic heterocycles. The highest BCUT2D eigenvalue weighted by molar-refractivity contribution is 5.83. The first-order valence-corrected chi connectivity index (χ1v) is 8.48. The zero-order valence-electron chi connectivity index (χ0n) is 14.2. The van der Waals surface area contributed by atoms with Gasteiger partial charge in [0, 0.05) is 32.1 Å². The van der Waals surface area contributed by atoms with Crippen molar-refractivity contribution in [2.75, 3.05) is 39.9 Å². The Morgan fingerprint density at radius 2 is 1.71 bits per heavy atom. The molecule has 24 heavy (non-hydrogen) atoms. The van der Waals surface area contributed by atoms with Crippen molar-refractivity contribution in [1.29, 1.82) is 0 Å². The Morgan fingerprint density at radius 1 is 1.08 bits per heavy atom. The van der Waals surface area contributed by atoms with Crippen LogP contribution in [0.1, 0.15) is 24.8 Å². The molecule has 0 N–H and O–H groups in total. The van der Waals surface area contributed by atoms with Crippen LogP contribution in [0.2, 0.25) is 0 Å². The Labute approximate surface area is 142 Å². The van der Waals surface area contributed by atoms with E-state index in [9.17, 15) is 9.59 Å². The van der Waals surface area contributed by atoms with Gasteiger partial charge in [0.25, 0.3) is 0 Å². The van der Waals surface area contributed by atoms with Gasteiger partial charge in [-0.15, -0.1) is 0 Å². The van der Waals surface area contributed by atoms with Crippen molar-refractivity contribution in [3.8, 4) is 5.75 Å². The van der Waals surface area contributed by atoms with Gasteiger partial charge in [0.05, 0.1) is 13.7 Å². The quantitative estimate of drug-likeness (QED) is 0.847. The summed E-state index contributed by atoms with van der Waals surface area (Å²) in [7, 11) is 1.65. The van der Waals surface area contributed by atoms with Crippen LogP contribution in [-0.2, 0) is 9.53 Å². The second-order valence-corrected chi connectivity index (χ2v) is 6.23. The predicted octanol–water partition coefficient (Wildman–Crippen LogP) is 2.10. The highest BCUT2D eigenvalue weighted by Crippen LogP contribution is 2.48. The molecule has 2 aliphatic rings. The molecule has 3 rings (SSSR count). The number of hydrogen-bond acceptors (Lipinski definition) is 4. The van der Waals surface area contributed by atoms with Gasteiger partial charge in [-0.05, 0) is 37.0 Å². The molecule has 2 unspecified atom stereocenters. The molecular formula is C18H24N2O4. The first-order valence-electron chi connectivity index (χ1n) is 8.48. The third-order valence-corrected chi connectivity index (χ3v) is 4.77. The van der Waals surface area contributed by atoms with Crippen LogP contribution in [0.5, 0.6) is 5.75 Å². The third kappa shape index (κ3) is 3.47. The SMILES string of the molecule is CCOC(=O)N1CCN(C(=O)C2CC2c2ccc(OC)cc2)CC1. The van der Waals surface area contributed by atoms with Gasteiger partial charge in [-0.25, -0.2) is 4.79 Å². The Morgan fingerprint density at radius 3 is 2.29 bits per heavy atom. The Bertz CT molecular complexity index is 594. The predicted molar refractivity (Wildman–Crippen MR) is 89.0 cm³/mol. The van der Waals surface area contributed by atoms with E-state index in [0.29, 0.717) is 38.7 Å². The van der Waals surface area contributed by atoms with E-state index in [2.05, 4.69) is 0 Å². The summed E-state index contributed by atoms with van der Waals surface area (Å²) in [6.07, 6.45) is 0.621. The molecule has 0 bridgehead atoms. The number of hydrogen-bond donors (Lipinski definition) is 0. The van der Waals surface area contributed by atoms with E-state index in [1.54, 1.807) is 18.9 Å². The highest BCUT2D eigenvalue weighted by atomic mass is 16.6. The van der Waals surface area contributed by atoms with Gasteiger partial charge in [-0.1, -0.05) is 12.1 Å². The average molecular weight is 332 g/mol. The molecule has 2 amide bonds. The first kappa shape index (κ1) is 16.6. The average Bonchev–Trinajstić information content (AvgIpc) is 3.42. The molecule has 1 saturated heterocycles. The van der Waals surface area contributed by atoms with Gasteiger partial charge in [0.15, 0.2) is 0 Å². The van der Waals surface area contributed by atoms with Gasteiger partial charge in [-0.2, -0.15) is 0 Å². The largest absolute Gasteiger partial charge is 0.497 e. The summed E-state index contributed by atoms with van der Waals surface area (Å²) in [5, 5.41) is 0. The minimum atomic E-state index is -0.285. The lowest BCUT2D eigenvalue weighted by molar-refractivity contribution is -0.134. The number of carbonyl (C=O) groups excluding carboxylic acids is 2. The molecule has 130 valence electrons. The van der Waals surface area contributed by atoms with E-state index in [-0.39, 0.29) is 17.9 Å². The maximum Gasteiger partial charge on any atom is 0.409 e. The van der Waals surface area contributed by atoms with Crippen LogP contribution in [0.25, 0.3) is 0 Å². The molecule has 1 aromatic rings. The molecule has 1 heterocycles. The van der Waals surface area contributed by atoms with Crippen LogP contribution in [0.3, 0.4) is 0 Å². The summed E-state index contributed by atoms with van der Waals surface area (Å²) in [5.74, 6) is 1.43. The minimum Gasteiger partial charge on any atom is -0.497 e. The summed E-state index contributed by atoms with van der Waals surface area (Å²) >= 11 is 0. The normalized spacial score (nSPS) is 22.9. The Balaban J connectivity index is 1.51. The molecule has 1 aliphatic carbocycles. The van der Waals surface area contributed by atoms with E-state index in [1.165, 1.54) is 5.56 Å². The maximum atomic E-state index is 12.6. The summed E-state index contributed by atoms with van der Waals surface area (Å²) in [6.45, 7) is 4.44. The van der Waals surface area contributed by atoms with Crippen molar-refractivity contribution >= 4 is 12.0 Å². The van der Waals surface area contributed by atoms with Crippen LogP contribution in [0.4, 0.5) is 4.79 Å². The number of rotatable bonds is 4. The summed E-state index contributed by atoms with van der Waals surface area (Å²) in [4.78, 5) is 27.9. The van der Waals surface area contributed by atoms with Gasteiger partial charge in [0.2, 0.25) is 5.91 Å². The number of ether oxygens (including phenoxy) is 2. The lowest BCUT2D eigenvalue weighted by atomic mass is 10.1. The van der Waals surface area contributed by atoms with E-state index in [4.69, 9.17) is 9.47 Å². The molecule has 6 nitrogen and oxygen atoms in total. The van der Waals surface area contributed by atoms with Crippen molar-refractivity contribution in [3.63, 3.8) is 0 Å². The summed E-state index contributed by atoms with van der Waals surface area (Å²) in [6, 6.07) is 7.95. The second kappa shape index (κ2) is 7.11. The lowest BCUT2D eigenvalue weighted by Gasteiger charge is -2.34. The fourth-order valence-electron chi connectivity index (χ4n) is 3.25. The fraction of sp³-hybridized carbons (Fsp3) is 0.556. The van der Waals surface area contributed by atoms with E-state index < -0.39 is 0 Å². The molecule has 0 aromatic heterocycles. The number of benzene rings is 1. The molecule has 1 aromatic carbocycles. The molecule has 2 fully saturated rings. The Kier molecular flexibility index (Phi) is 4.92. The number of methoxy groups -OCH3 is 1. The van der Waals surface area contributed by atoms with Crippen LogP contribution < -0.4 is 4.74 Å². The molecule has 0 radical (unpaired) electrons. The van der Waals surface area contributed by atoms with E-state index in [0.717, 1.165) is 12.2 Å². The van der Waals surface area contributed by atoms with Crippen molar-refractivity contribution in [2.24, 2.45) is 5.92 Å². The monoisotopic (exact) mass is 332 g/mol. The van der Waals surface area contributed by atoms with Crippen LogP contribution in [0.15, 0.2) is 24.3 Å². The fourth-order valence-corrected chi connectivity index (χ4v) is 3.25. The number of carbonyl (C=O) groups is 2. The van der Waals surface area contributed by atoms with E-state index >= 15 is 0 Å². The van der Waals surface area contributed by atoms with Crippen LogP contribution in [0, 0.1) is 5.92 Å². The zero-order valence-corrected chi connectivity index (χ0v) is 14.2. The molecule has 6 heteroatoms. The number of nitrogens with zero attached hydrogens (tertiary/aromatic N) is 2. The summed E-state index contributed by atoms with van der Waals surface area (Å²) < 4.78 is 10.2. The smallest absolute Gasteiger partial charge is 0.409 e. The number of amides is 2. The molecule has 2 atom stereocenters. The third-order valence-electron chi connectivity index (χ3n) is 4.77. The topological polar surface area (TPSA) is 59.1 Å². The lowest BCUT2D eigenvalue weighted by Crippen LogP contribution is -2.51. The van der Waals surface area contributed by atoms with E-state index in [1.807, 2.05) is 29.2 Å². The van der Waals surface area contributed by atoms with Crippen LogP contribution in [-0.4, -0.2) is 61.7 Å². The standard InChI is InChI=1S/C18H24N2O4/c1-3-24-18(22)20-10-8-19(9-11-20)17(21)16-12-15(16)13-4-6-14(23-2)7-5-13/h4-7,15-16H,3,8-12H2,1-2H3. The number of piperazine rings is 1. The van der Waals surface area contributed by atoms with Crippen molar-refractivity contribution in [2.45, 2.75) is 19.3 Å². The maximum absolute atomic E-state index is 12.6. The van der Waals surface area contributed by atoms with Crippen molar-refractivity contribution < 1.29 is 19.1 Å². The van der Waals surface area contributed by atoms with Gasteiger partial charge in [0.1, 0.15) is 5.75 Å². The Hall–Kier alpha value is -2.24. The zero-order chi connectivity index (χ0) is 17.1. The van der Waals surface area contributed by atoms with Crippen LogP contribution >= 0.6 is 0 Å². The molecule has 0 spiro atoms. The summed E-state index contributed by atoms with van der Waals surface area (Å²) in [5.41, 5.74) is 1.19. The van der Waals surface area contributed by atoms with Gasteiger partial charge >= 0.3 is 6.09 Å². The highest BCUT2D eigenvalue weighted by Gasteiger charge is 2.46. The van der Waals surface area contributed by atoms with Crippen molar-refractivity contribution in [1.82, 2.24) is 9.80 Å². The first-order chi connectivity index (χ1) is 11.6. The second-order valence-electron chi connectivity index (χ2n) is 6.23.